The predicted octanol–water partition coefficient (Wildman–Crippen LogP) is 1.43. The van der Waals surface area contributed by atoms with E-state index in [9.17, 15) is 9.59 Å². The van der Waals surface area contributed by atoms with E-state index in [4.69, 9.17) is 0 Å². The summed E-state index contributed by atoms with van der Waals surface area (Å²) in [5, 5.41) is 0. The number of hydrogen-bond acceptors (Lipinski definition) is 3. The first-order valence-electron chi connectivity index (χ1n) is 5.02. The molecule has 4 nitrogen and oxygen atoms in total. The zero-order valence-electron chi connectivity index (χ0n) is 7.98. The van der Waals surface area contributed by atoms with Crippen LogP contribution in [0, 0.1) is 0 Å². The Morgan fingerprint density at radius 3 is 2.29 bits per heavy atom. The molecule has 14 heavy (non-hydrogen) atoms. The molecule has 1 saturated carbocycles. The van der Waals surface area contributed by atoms with E-state index in [0.29, 0.717) is 0 Å². The first kappa shape index (κ1) is 9.83. The van der Waals surface area contributed by atoms with Gasteiger partial charge in [-0.25, -0.2) is 4.79 Å². The van der Waals surface area contributed by atoms with Gasteiger partial charge in [0, 0.05) is 6.04 Å². The summed E-state index contributed by atoms with van der Waals surface area (Å²) in [4.78, 5) is 24.5. The van der Waals surface area contributed by atoms with E-state index in [2.05, 4.69) is 12.8 Å². The number of carbonyl (C=O) groups is 2. The summed E-state index contributed by atoms with van der Waals surface area (Å²) < 4.78 is 1.19. The molecule has 1 aliphatic carbocycles. The molecule has 2 fully saturated rings. The standard InChI is InChI=1S/C9H14N2O2S/c12-8-6-10(14)9(13)11(8)7-4-2-1-3-5-7/h7,14H,1-6H2. The quantitative estimate of drug-likeness (QED) is 0.530. The number of hydrogen-bond donors (Lipinski definition) is 1. The van der Waals surface area contributed by atoms with E-state index < -0.39 is 0 Å². The van der Waals surface area contributed by atoms with Gasteiger partial charge in [-0.15, -0.1) is 0 Å². The summed E-state index contributed by atoms with van der Waals surface area (Å²) in [6, 6.07) is -0.119. The van der Waals surface area contributed by atoms with E-state index in [1.54, 1.807) is 0 Å². The lowest BCUT2D eigenvalue weighted by Gasteiger charge is -2.28. The SMILES string of the molecule is O=C1CN(S)C(=O)N1C1CCCCC1. The second-order valence-corrected chi connectivity index (χ2v) is 4.38. The van der Waals surface area contributed by atoms with Crippen LogP contribution in [0.5, 0.6) is 0 Å². The van der Waals surface area contributed by atoms with Crippen molar-refractivity contribution in [2.45, 2.75) is 38.1 Å². The van der Waals surface area contributed by atoms with Gasteiger partial charge in [-0.3, -0.25) is 14.0 Å². The second-order valence-electron chi connectivity index (χ2n) is 3.90. The summed E-state index contributed by atoms with van der Waals surface area (Å²) >= 11 is 3.95. The third-order valence-corrected chi connectivity index (χ3v) is 3.23. The van der Waals surface area contributed by atoms with Crippen molar-refractivity contribution in [1.29, 1.82) is 0 Å². The molecule has 0 aromatic rings. The first-order valence-corrected chi connectivity index (χ1v) is 5.42. The molecule has 0 aromatic heterocycles. The van der Waals surface area contributed by atoms with Crippen LogP contribution in [0.2, 0.25) is 0 Å². The lowest BCUT2D eigenvalue weighted by molar-refractivity contribution is -0.127. The lowest BCUT2D eigenvalue weighted by Crippen LogP contribution is -2.41. The van der Waals surface area contributed by atoms with Crippen molar-refractivity contribution in [3.8, 4) is 0 Å². The van der Waals surface area contributed by atoms with Gasteiger partial charge in [0.25, 0.3) is 5.91 Å². The molecule has 1 heterocycles. The molecule has 0 spiro atoms. The van der Waals surface area contributed by atoms with Crippen LogP contribution in [0.1, 0.15) is 32.1 Å². The van der Waals surface area contributed by atoms with Gasteiger partial charge >= 0.3 is 6.03 Å². The number of rotatable bonds is 1. The molecule has 2 rings (SSSR count). The van der Waals surface area contributed by atoms with E-state index in [0.717, 1.165) is 25.7 Å². The second kappa shape index (κ2) is 3.81. The maximum atomic E-state index is 11.6. The number of nitrogens with zero attached hydrogens (tertiary/aromatic N) is 2. The molecular formula is C9H14N2O2S. The highest BCUT2D eigenvalue weighted by atomic mass is 32.1. The molecular weight excluding hydrogens is 200 g/mol. The molecule has 5 heteroatoms. The van der Waals surface area contributed by atoms with Gasteiger partial charge in [0.2, 0.25) is 0 Å². The van der Waals surface area contributed by atoms with Crippen LogP contribution in [0.15, 0.2) is 0 Å². The van der Waals surface area contributed by atoms with Crippen LogP contribution in [-0.2, 0) is 4.79 Å². The number of imide groups is 1. The van der Waals surface area contributed by atoms with E-state index in [1.807, 2.05) is 0 Å². The molecule has 1 aliphatic heterocycles. The minimum atomic E-state index is -0.245. The largest absolute Gasteiger partial charge is 0.337 e. The fraction of sp³-hybridized carbons (Fsp3) is 0.778. The maximum absolute atomic E-state index is 11.6. The zero-order valence-corrected chi connectivity index (χ0v) is 8.87. The molecule has 2 aliphatic rings. The van der Waals surface area contributed by atoms with Gasteiger partial charge < -0.3 is 0 Å². The Bertz CT molecular complexity index is 264. The smallest absolute Gasteiger partial charge is 0.272 e. The average Bonchev–Trinajstić information content (AvgIpc) is 2.43. The molecule has 0 N–H and O–H groups in total. The van der Waals surface area contributed by atoms with E-state index in [1.165, 1.54) is 15.6 Å². The molecule has 1 saturated heterocycles. The predicted molar refractivity (Wildman–Crippen MR) is 54.8 cm³/mol. The van der Waals surface area contributed by atoms with Crippen molar-refractivity contribution in [2.24, 2.45) is 0 Å². The van der Waals surface area contributed by atoms with Gasteiger partial charge in [0.15, 0.2) is 0 Å². The van der Waals surface area contributed by atoms with Crippen LogP contribution in [0.4, 0.5) is 4.79 Å². The molecule has 0 aromatic carbocycles. The fourth-order valence-corrected chi connectivity index (χ4v) is 2.42. The summed E-state index contributed by atoms with van der Waals surface area (Å²) in [5.74, 6) is -0.100. The topological polar surface area (TPSA) is 40.6 Å². The normalized spacial score (nSPS) is 24.9. The number of carbonyl (C=O) groups excluding carboxylic acids is 2. The highest BCUT2D eigenvalue weighted by molar-refractivity contribution is 7.78. The molecule has 3 amide bonds. The Hall–Kier alpha value is -0.710. The van der Waals surface area contributed by atoms with E-state index >= 15 is 0 Å². The van der Waals surface area contributed by atoms with Gasteiger partial charge in [0.05, 0.1) is 0 Å². The molecule has 0 atom stereocenters. The average molecular weight is 214 g/mol. The van der Waals surface area contributed by atoms with Crippen molar-refractivity contribution < 1.29 is 9.59 Å². The van der Waals surface area contributed by atoms with Crippen molar-refractivity contribution in [1.82, 2.24) is 9.21 Å². The Kier molecular flexibility index (Phi) is 2.67. The Labute approximate surface area is 88.8 Å². The molecule has 0 unspecified atom stereocenters. The highest BCUT2D eigenvalue weighted by Crippen LogP contribution is 2.26. The number of amides is 3. The number of urea groups is 1. The van der Waals surface area contributed by atoms with Gasteiger partial charge in [-0.1, -0.05) is 32.1 Å². The Balaban J connectivity index is 2.08. The van der Waals surface area contributed by atoms with Crippen LogP contribution in [-0.4, -0.2) is 33.7 Å². The van der Waals surface area contributed by atoms with E-state index in [-0.39, 0.29) is 24.5 Å². The summed E-state index contributed by atoms with van der Waals surface area (Å²) in [7, 11) is 0. The maximum Gasteiger partial charge on any atom is 0.337 e. The Morgan fingerprint density at radius 2 is 1.79 bits per heavy atom. The third-order valence-electron chi connectivity index (χ3n) is 2.92. The Morgan fingerprint density at radius 1 is 1.14 bits per heavy atom. The van der Waals surface area contributed by atoms with Crippen LogP contribution in [0.3, 0.4) is 0 Å². The lowest BCUT2D eigenvalue weighted by atomic mass is 9.94. The monoisotopic (exact) mass is 214 g/mol. The van der Waals surface area contributed by atoms with Crippen molar-refractivity contribution in [2.75, 3.05) is 6.54 Å². The van der Waals surface area contributed by atoms with Crippen LogP contribution < -0.4 is 0 Å². The first-order chi connectivity index (χ1) is 6.70. The van der Waals surface area contributed by atoms with Crippen LogP contribution in [0.25, 0.3) is 0 Å². The third kappa shape index (κ3) is 1.61. The van der Waals surface area contributed by atoms with Gasteiger partial charge in [0.1, 0.15) is 6.54 Å². The summed E-state index contributed by atoms with van der Waals surface area (Å²) in [6.07, 6.45) is 5.37. The molecule has 0 bridgehead atoms. The van der Waals surface area contributed by atoms with Crippen molar-refractivity contribution >= 4 is 24.8 Å². The molecule has 78 valence electrons. The minimum Gasteiger partial charge on any atom is -0.272 e. The van der Waals surface area contributed by atoms with Crippen molar-refractivity contribution in [3.63, 3.8) is 0 Å². The van der Waals surface area contributed by atoms with Crippen LogP contribution >= 0.6 is 12.8 Å². The molecule has 0 radical (unpaired) electrons. The highest BCUT2D eigenvalue weighted by Gasteiger charge is 2.39. The fourth-order valence-electron chi connectivity index (χ4n) is 2.20. The summed E-state index contributed by atoms with van der Waals surface area (Å²) in [5.41, 5.74) is 0. The van der Waals surface area contributed by atoms with Gasteiger partial charge in [-0.2, -0.15) is 0 Å². The van der Waals surface area contributed by atoms with Crippen molar-refractivity contribution in [3.05, 3.63) is 0 Å². The number of thiol groups is 1. The summed E-state index contributed by atoms with van der Waals surface area (Å²) in [6.45, 7) is 0.123. The zero-order chi connectivity index (χ0) is 10.1. The van der Waals surface area contributed by atoms with Gasteiger partial charge in [-0.05, 0) is 12.8 Å². The minimum absolute atomic E-state index is 0.100.